The zero-order chi connectivity index (χ0) is 23.4. The lowest BCUT2D eigenvalue weighted by molar-refractivity contribution is -0.216. The molecule has 0 amide bonds. The summed E-state index contributed by atoms with van der Waals surface area (Å²) in [6.07, 6.45) is 5.08. The quantitative estimate of drug-likeness (QED) is 0.265. The lowest BCUT2D eigenvalue weighted by atomic mass is 9.45. The van der Waals surface area contributed by atoms with Crippen LogP contribution in [0.1, 0.15) is 59.8 Å². The van der Waals surface area contributed by atoms with E-state index in [1.807, 2.05) is 6.92 Å². The van der Waals surface area contributed by atoms with Gasteiger partial charge in [-0.2, -0.15) is 0 Å². The summed E-state index contributed by atoms with van der Waals surface area (Å²) in [4.78, 5) is 12.5. The molecule has 0 aromatic carbocycles. The van der Waals surface area contributed by atoms with Crippen molar-refractivity contribution in [3.8, 4) is 0 Å². The minimum atomic E-state index is -0.897. The molecule has 2 fully saturated rings. The number of rotatable bonds is 8. The van der Waals surface area contributed by atoms with Crippen LogP contribution in [0.15, 0.2) is 35.5 Å². The Labute approximate surface area is 186 Å². The molecule has 2 rings (SSSR count). The number of esters is 1. The van der Waals surface area contributed by atoms with E-state index in [1.54, 1.807) is 26.0 Å². The van der Waals surface area contributed by atoms with Gasteiger partial charge in [0, 0.05) is 11.0 Å². The maximum absolute atomic E-state index is 12.5. The standard InChI is InChI=1S/C25H40O6/c1-6-16(2)23(30)31-22-20(29)13-24(4)19(9-8-18(14-27)11-12-26)17(3)7-10-21(24)25(22,5)15-28/h6,11,19-22,26-29H,3,7-10,12-15H2,1-2,4-5H3/b16-6-,18-11-/t19-,20+,21+,22-,24+,25-/m1/s1. The molecule has 0 bridgehead atoms. The Morgan fingerprint density at radius 1 is 1.29 bits per heavy atom. The van der Waals surface area contributed by atoms with E-state index in [9.17, 15) is 25.2 Å². The molecule has 31 heavy (non-hydrogen) atoms. The van der Waals surface area contributed by atoms with Gasteiger partial charge in [0.25, 0.3) is 0 Å². The van der Waals surface area contributed by atoms with Crippen molar-refractivity contribution >= 4 is 5.97 Å². The Morgan fingerprint density at radius 2 is 1.97 bits per heavy atom. The molecule has 0 heterocycles. The zero-order valence-corrected chi connectivity index (χ0v) is 19.4. The van der Waals surface area contributed by atoms with Crippen LogP contribution in [0, 0.1) is 22.7 Å². The first-order valence-corrected chi connectivity index (χ1v) is 11.3. The molecule has 0 saturated heterocycles. The summed E-state index contributed by atoms with van der Waals surface area (Å²) in [5.41, 5.74) is 1.27. The van der Waals surface area contributed by atoms with E-state index in [2.05, 4.69) is 13.5 Å². The van der Waals surface area contributed by atoms with Gasteiger partial charge in [-0.05, 0) is 68.8 Å². The van der Waals surface area contributed by atoms with Crippen LogP contribution < -0.4 is 0 Å². The summed E-state index contributed by atoms with van der Waals surface area (Å²) in [5, 5.41) is 40.3. The highest BCUT2D eigenvalue weighted by Crippen LogP contribution is 2.62. The number of hydrogen-bond acceptors (Lipinski definition) is 6. The molecular formula is C25H40O6. The summed E-state index contributed by atoms with van der Waals surface area (Å²) in [7, 11) is 0. The van der Waals surface area contributed by atoms with Crippen LogP contribution in [0.5, 0.6) is 0 Å². The average Bonchev–Trinajstić information content (AvgIpc) is 2.74. The molecule has 176 valence electrons. The van der Waals surface area contributed by atoms with Gasteiger partial charge in [0.15, 0.2) is 0 Å². The van der Waals surface area contributed by atoms with Gasteiger partial charge in [0.2, 0.25) is 0 Å². The van der Waals surface area contributed by atoms with Gasteiger partial charge in [-0.3, -0.25) is 0 Å². The number of carbonyl (C=O) groups is 1. The highest BCUT2D eigenvalue weighted by molar-refractivity contribution is 5.87. The summed E-state index contributed by atoms with van der Waals surface area (Å²) in [6, 6.07) is 0. The van der Waals surface area contributed by atoms with Crippen LogP contribution in [0.25, 0.3) is 0 Å². The lowest BCUT2D eigenvalue weighted by Gasteiger charge is -2.61. The molecule has 0 unspecified atom stereocenters. The Kier molecular flexibility index (Phi) is 8.68. The number of carbonyl (C=O) groups excluding carboxylic acids is 1. The van der Waals surface area contributed by atoms with E-state index >= 15 is 0 Å². The van der Waals surface area contributed by atoms with E-state index in [-0.39, 0.29) is 37.1 Å². The van der Waals surface area contributed by atoms with Crippen LogP contribution >= 0.6 is 0 Å². The predicted octanol–water partition coefficient (Wildman–Crippen LogP) is 2.91. The average molecular weight is 437 g/mol. The molecular weight excluding hydrogens is 396 g/mol. The fourth-order valence-electron chi connectivity index (χ4n) is 6.08. The molecule has 2 saturated carbocycles. The SMILES string of the molecule is C=C1CC[C@H]2[C@@](C)(C[C@H](O)[C@@H](OC(=O)/C(C)=C\C)[C@]2(C)CO)[C@@H]1CC/C(=C/CO)CO. The Hall–Kier alpha value is -1.47. The van der Waals surface area contributed by atoms with Gasteiger partial charge in [-0.25, -0.2) is 4.79 Å². The van der Waals surface area contributed by atoms with Gasteiger partial charge in [-0.15, -0.1) is 0 Å². The molecule has 0 spiro atoms. The zero-order valence-electron chi connectivity index (χ0n) is 19.4. The topological polar surface area (TPSA) is 107 Å². The van der Waals surface area contributed by atoms with Gasteiger partial charge < -0.3 is 25.2 Å². The van der Waals surface area contributed by atoms with Gasteiger partial charge >= 0.3 is 5.97 Å². The second kappa shape index (κ2) is 10.4. The number of allylic oxidation sites excluding steroid dienone is 2. The van der Waals surface area contributed by atoms with E-state index in [0.717, 1.165) is 30.4 Å². The third-order valence-corrected chi connectivity index (χ3v) is 7.95. The highest BCUT2D eigenvalue weighted by Gasteiger charge is 2.61. The molecule has 0 aromatic heterocycles. The van der Waals surface area contributed by atoms with Gasteiger partial charge in [-0.1, -0.05) is 38.2 Å². The van der Waals surface area contributed by atoms with Gasteiger partial charge in [0.1, 0.15) is 6.10 Å². The number of ether oxygens (including phenoxy) is 1. The Balaban J connectivity index is 2.36. The van der Waals surface area contributed by atoms with Crippen LogP contribution in [-0.2, 0) is 9.53 Å². The van der Waals surface area contributed by atoms with Crippen molar-refractivity contribution in [3.05, 3.63) is 35.5 Å². The van der Waals surface area contributed by atoms with Crippen molar-refractivity contribution in [2.45, 2.75) is 72.0 Å². The third kappa shape index (κ3) is 4.98. The Bertz CT molecular complexity index is 726. The van der Waals surface area contributed by atoms with Crippen molar-refractivity contribution in [2.24, 2.45) is 22.7 Å². The molecule has 6 heteroatoms. The normalized spacial score (nSPS) is 36.8. The van der Waals surface area contributed by atoms with Crippen molar-refractivity contribution < 1.29 is 30.0 Å². The van der Waals surface area contributed by atoms with Gasteiger partial charge in [0.05, 0.1) is 25.9 Å². The summed E-state index contributed by atoms with van der Waals surface area (Å²) < 4.78 is 5.76. The van der Waals surface area contributed by atoms with Crippen molar-refractivity contribution in [2.75, 3.05) is 19.8 Å². The lowest BCUT2D eigenvalue weighted by Crippen LogP contribution is -2.63. The molecule has 0 radical (unpaired) electrons. The minimum Gasteiger partial charge on any atom is -0.456 e. The minimum absolute atomic E-state index is 0.0343. The number of fused-ring (bicyclic) bond motifs is 1. The number of aliphatic hydroxyl groups is 4. The Morgan fingerprint density at radius 3 is 2.52 bits per heavy atom. The van der Waals surface area contributed by atoms with E-state index in [1.165, 1.54) is 0 Å². The van der Waals surface area contributed by atoms with Crippen molar-refractivity contribution in [3.63, 3.8) is 0 Å². The molecule has 6 nitrogen and oxygen atoms in total. The van der Waals surface area contributed by atoms with Crippen LogP contribution in [0.2, 0.25) is 0 Å². The maximum atomic E-state index is 12.5. The number of aliphatic hydroxyl groups excluding tert-OH is 4. The van der Waals surface area contributed by atoms with E-state index < -0.39 is 23.6 Å². The monoisotopic (exact) mass is 436 g/mol. The first-order valence-electron chi connectivity index (χ1n) is 11.3. The second-order valence-electron chi connectivity index (χ2n) is 9.78. The van der Waals surface area contributed by atoms with Crippen molar-refractivity contribution in [1.82, 2.24) is 0 Å². The predicted molar refractivity (Wildman–Crippen MR) is 120 cm³/mol. The van der Waals surface area contributed by atoms with Crippen molar-refractivity contribution in [1.29, 1.82) is 0 Å². The fourth-order valence-corrected chi connectivity index (χ4v) is 6.08. The smallest absolute Gasteiger partial charge is 0.333 e. The summed E-state index contributed by atoms with van der Waals surface area (Å²) in [6.45, 7) is 11.4. The molecule has 0 aromatic rings. The van der Waals surface area contributed by atoms with E-state index in [4.69, 9.17) is 4.74 Å². The van der Waals surface area contributed by atoms with E-state index in [0.29, 0.717) is 18.4 Å². The van der Waals surface area contributed by atoms with Crippen LogP contribution in [0.3, 0.4) is 0 Å². The second-order valence-corrected chi connectivity index (χ2v) is 9.78. The van der Waals surface area contributed by atoms with Crippen LogP contribution in [0.4, 0.5) is 0 Å². The third-order valence-electron chi connectivity index (χ3n) is 7.95. The summed E-state index contributed by atoms with van der Waals surface area (Å²) >= 11 is 0. The summed E-state index contributed by atoms with van der Waals surface area (Å²) in [5.74, 6) is -0.338. The first kappa shape index (κ1) is 25.8. The van der Waals surface area contributed by atoms with Crippen LogP contribution in [-0.4, -0.2) is 58.4 Å². The molecule has 2 aliphatic rings. The molecule has 2 aliphatic carbocycles. The molecule has 4 N–H and O–H groups in total. The largest absolute Gasteiger partial charge is 0.456 e. The fraction of sp³-hybridized carbons (Fsp3) is 0.720. The highest BCUT2D eigenvalue weighted by atomic mass is 16.6. The maximum Gasteiger partial charge on any atom is 0.333 e. The number of hydrogen-bond donors (Lipinski definition) is 4. The molecule has 6 atom stereocenters. The molecule has 0 aliphatic heterocycles. The first-order chi connectivity index (χ1) is 14.6.